The van der Waals surface area contributed by atoms with Crippen LogP contribution in [0.5, 0.6) is 0 Å². The van der Waals surface area contributed by atoms with Crippen molar-refractivity contribution >= 4 is 17.5 Å². The number of aryl methyl sites for hydroxylation is 1. The molecule has 0 saturated carbocycles. The lowest BCUT2D eigenvalue weighted by Crippen LogP contribution is -2.38. The van der Waals surface area contributed by atoms with Gasteiger partial charge >= 0.3 is 0 Å². The van der Waals surface area contributed by atoms with E-state index in [0.29, 0.717) is 18.7 Å². The first-order valence-electron chi connectivity index (χ1n) is 6.84. The van der Waals surface area contributed by atoms with Gasteiger partial charge in [0.15, 0.2) is 0 Å². The molecule has 108 valence electrons. The van der Waals surface area contributed by atoms with Gasteiger partial charge in [0.05, 0.1) is 5.56 Å². The Morgan fingerprint density at radius 3 is 2.75 bits per heavy atom. The van der Waals surface area contributed by atoms with Crippen LogP contribution in [0.25, 0.3) is 0 Å². The summed E-state index contributed by atoms with van der Waals surface area (Å²) in [6.45, 7) is 3.47. The predicted molar refractivity (Wildman–Crippen MR) is 78.9 cm³/mol. The fraction of sp³-hybridized carbons (Fsp3) is 0.467. The van der Waals surface area contributed by atoms with E-state index in [1.165, 1.54) is 0 Å². The maximum Gasteiger partial charge on any atom is 0.256 e. The first kappa shape index (κ1) is 14.4. The van der Waals surface area contributed by atoms with Crippen molar-refractivity contribution in [1.29, 1.82) is 0 Å². The fourth-order valence-electron chi connectivity index (χ4n) is 2.38. The Balaban J connectivity index is 2.24. The number of carbonyl (C=O) groups is 2. The molecule has 1 aliphatic heterocycles. The van der Waals surface area contributed by atoms with Gasteiger partial charge in [-0.25, -0.2) is 0 Å². The summed E-state index contributed by atoms with van der Waals surface area (Å²) in [4.78, 5) is 27.8. The first-order valence-corrected chi connectivity index (χ1v) is 6.84. The Morgan fingerprint density at radius 2 is 2.05 bits per heavy atom. The van der Waals surface area contributed by atoms with E-state index >= 15 is 0 Å². The van der Waals surface area contributed by atoms with E-state index in [-0.39, 0.29) is 18.4 Å². The maximum absolute atomic E-state index is 12.6. The average molecular weight is 275 g/mol. The van der Waals surface area contributed by atoms with Gasteiger partial charge in [0.2, 0.25) is 5.91 Å². The van der Waals surface area contributed by atoms with Crippen LogP contribution in [0.3, 0.4) is 0 Å². The Bertz CT molecular complexity index is 528. The highest BCUT2D eigenvalue weighted by molar-refractivity contribution is 6.01. The van der Waals surface area contributed by atoms with Gasteiger partial charge in [0.1, 0.15) is 6.54 Å². The molecule has 1 aromatic carbocycles. The second-order valence-electron chi connectivity index (χ2n) is 5.19. The van der Waals surface area contributed by atoms with E-state index in [2.05, 4.69) is 5.32 Å². The zero-order valence-corrected chi connectivity index (χ0v) is 12.3. The molecule has 1 saturated heterocycles. The highest BCUT2D eigenvalue weighted by atomic mass is 16.2. The molecule has 0 aliphatic carbocycles. The Morgan fingerprint density at radius 1 is 1.30 bits per heavy atom. The molecule has 5 heteroatoms. The summed E-state index contributed by atoms with van der Waals surface area (Å²) in [6, 6.07) is 5.68. The quantitative estimate of drug-likeness (QED) is 0.886. The topological polar surface area (TPSA) is 52.7 Å². The van der Waals surface area contributed by atoms with Gasteiger partial charge in [0.25, 0.3) is 5.91 Å². The lowest BCUT2D eigenvalue weighted by Gasteiger charge is -2.21. The summed E-state index contributed by atoms with van der Waals surface area (Å²) in [6.07, 6.45) is 0.814. The smallest absolute Gasteiger partial charge is 0.256 e. The number of likely N-dealkylation sites (N-methyl/N-ethyl adjacent to an activating group) is 1. The van der Waals surface area contributed by atoms with Crippen LogP contribution in [0.4, 0.5) is 5.69 Å². The summed E-state index contributed by atoms with van der Waals surface area (Å²) >= 11 is 0. The third-order valence-corrected chi connectivity index (χ3v) is 3.64. The number of hydrogen-bond acceptors (Lipinski definition) is 3. The van der Waals surface area contributed by atoms with Gasteiger partial charge < -0.3 is 15.1 Å². The molecule has 1 fully saturated rings. The van der Waals surface area contributed by atoms with Crippen molar-refractivity contribution in [1.82, 2.24) is 9.80 Å². The van der Waals surface area contributed by atoms with Crippen LogP contribution in [0.1, 0.15) is 22.3 Å². The number of amides is 2. The average Bonchev–Trinajstić information content (AvgIpc) is 2.60. The highest BCUT2D eigenvalue weighted by Crippen LogP contribution is 2.20. The molecule has 0 bridgehead atoms. The van der Waals surface area contributed by atoms with Crippen molar-refractivity contribution < 1.29 is 9.59 Å². The van der Waals surface area contributed by atoms with Gasteiger partial charge in [-0.05, 0) is 31.0 Å². The van der Waals surface area contributed by atoms with Crippen molar-refractivity contribution in [2.24, 2.45) is 0 Å². The number of nitrogens with one attached hydrogen (secondary N) is 1. The Hall–Kier alpha value is -2.04. The molecular weight excluding hydrogens is 254 g/mol. The summed E-state index contributed by atoms with van der Waals surface area (Å²) < 4.78 is 0. The maximum atomic E-state index is 12.6. The van der Waals surface area contributed by atoms with Gasteiger partial charge in [-0.2, -0.15) is 0 Å². The van der Waals surface area contributed by atoms with E-state index < -0.39 is 0 Å². The van der Waals surface area contributed by atoms with Crippen LogP contribution in [0.2, 0.25) is 0 Å². The second-order valence-corrected chi connectivity index (χ2v) is 5.19. The zero-order chi connectivity index (χ0) is 14.7. The van der Waals surface area contributed by atoms with Crippen LogP contribution < -0.4 is 5.32 Å². The molecule has 2 amide bonds. The third-order valence-electron chi connectivity index (χ3n) is 3.64. The SMILES string of the molecule is CNc1cc(C)ccc1C(=O)N1CCCN(C)C(=O)C1. The summed E-state index contributed by atoms with van der Waals surface area (Å²) in [7, 11) is 3.58. The molecule has 1 aliphatic rings. The molecule has 0 spiro atoms. The number of nitrogens with zero attached hydrogens (tertiary/aromatic N) is 2. The number of benzene rings is 1. The largest absolute Gasteiger partial charge is 0.387 e. The minimum Gasteiger partial charge on any atom is -0.387 e. The van der Waals surface area contributed by atoms with Crippen LogP contribution in [-0.4, -0.2) is 55.3 Å². The highest BCUT2D eigenvalue weighted by Gasteiger charge is 2.25. The van der Waals surface area contributed by atoms with Crippen molar-refractivity contribution in [3.05, 3.63) is 29.3 Å². The fourth-order valence-corrected chi connectivity index (χ4v) is 2.38. The van der Waals surface area contributed by atoms with Crippen LogP contribution in [-0.2, 0) is 4.79 Å². The van der Waals surface area contributed by atoms with Gasteiger partial charge in [-0.1, -0.05) is 6.07 Å². The molecule has 5 nitrogen and oxygen atoms in total. The molecule has 0 aromatic heterocycles. The monoisotopic (exact) mass is 275 g/mol. The number of carbonyl (C=O) groups excluding carboxylic acids is 2. The van der Waals surface area contributed by atoms with Crippen molar-refractivity contribution in [2.75, 3.05) is 39.0 Å². The lowest BCUT2D eigenvalue weighted by molar-refractivity contribution is -0.129. The number of rotatable bonds is 2. The molecule has 2 rings (SSSR count). The number of anilines is 1. The van der Waals surface area contributed by atoms with Crippen molar-refractivity contribution in [3.8, 4) is 0 Å². The zero-order valence-electron chi connectivity index (χ0n) is 12.3. The van der Waals surface area contributed by atoms with Gasteiger partial charge in [0, 0.05) is 32.9 Å². The molecule has 1 heterocycles. The summed E-state index contributed by atoms with van der Waals surface area (Å²) in [5, 5.41) is 3.05. The predicted octanol–water partition coefficient (Wildman–Crippen LogP) is 1.34. The molecule has 1 aromatic rings. The molecule has 0 atom stereocenters. The van der Waals surface area contributed by atoms with Gasteiger partial charge in [-0.3, -0.25) is 9.59 Å². The lowest BCUT2D eigenvalue weighted by atomic mass is 10.1. The van der Waals surface area contributed by atoms with Crippen LogP contribution in [0.15, 0.2) is 18.2 Å². The van der Waals surface area contributed by atoms with Gasteiger partial charge in [-0.15, -0.1) is 0 Å². The summed E-state index contributed by atoms with van der Waals surface area (Å²) in [5.41, 5.74) is 2.52. The van der Waals surface area contributed by atoms with Crippen molar-refractivity contribution in [3.63, 3.8) is 0 Å². The minimum atomic E-state index is -0.0852. The number of hydrogen-bond donors (Lipinski definition) is 1. The van der Waals surface area contributed by atoms with Crippen molar-refractivity contribution in [2.45, 2.75) is 13.3 Å². The second kappa shape index (κ2) is 5.94. The molecule has 1 N–H and O–H groups in total. The van der Waals surface area contributed by atoms with Crippen LogP contribution in [0, 0.1) is 6.92 Å². The molecule has 20 heavy (non-hydrogen) atoms. The molecule has 0 unspecified atom stereocenters. The normalized spacial score (nSPS) is 16.1. The summed E-state index contributed by atoms with van der Waals surface area (Å²) in [5.74, 6) is -0.0908. The molecule has 0 radical (unpaired) electrons. The third kappa shape index (κ3) is 2.92. The first-order chi connectivity index (χ1) is 9.52. The van der Waals surface area contributed by atoms with E-state index in [0.717, 1.165) is 17.7 Å². The van der Waals surface area contributed by atoms with E-state index in [4.69, 9.17) is 0 Å². The van der Waals surface area contributed by atoms with E-state index in [9.17, 15) is 9.59 Å². The minimum absolute atomic E-state index is 0.00558. The van der Waals surface area contributed by atoms with E-state index in [1.807, 2.05) is 25.1 Å². The molecular formula is C15H21N3O2. The van der Waals surface area contributed by atoms with E-state index in [1.54, 1.807) is 23.9 Å². The van der Waals surface area contributed by atoms with Crippen LogP contribution >= 0.6 is 0 Å². The Labute approximate surface area is 119 Å². The Kier molecular flexibility index (Phi) is 4.27. The standard InChI is InChI=1S/C15H21N3O2/c1-11-5-6-12(13(9-11)16-2)15(20)18-8-4-7-17(3)14(19)10-18/h5-6,9,16H,4,7-8,10H2,1-3H3.